The van der Waals surface area contributed by atoms with Gasteiger partial charge in [0.1, 0.15) is 0 Å². The molecular formula is C17H26N2O. The molecule has 0 aromatic heterocycles. The van der Waals surface area contributed by atoms with Crippen molar-refractivity contribution in [3.8, 4) is 0 Å². The Hall–Kier alpha value is -1.35. The molecule has 1 amide bonds. The second-order valence-electron chi connectivity index (χ2n) is 5.67. The molecule has 0 saturated heterocycles. The lowest BCUT2D eigenvalue weighted by Crippen LogP contribution is -2.42. The van der Waals surface area contributed by atoms with Crippen LogP contribution in [-0.2, 0) is 17.8 Å². The maximum Gasteiger partial charge on any atom is 0.227 e. The van der Waals surface area contributed by atoms with Gasteiger partial charge in [0.25, 0.3) is 0 Å². The standard InChI is InChI=1S/C17H26N2O/c1-2-19(16-6-4-3-5-7-16)17(20)12-14-8-10-15(13-18)11-9-14/h8-11,16H,2-7,12-13,18H2,1H3. The Morgan fingerprint density at radius 2 is 1.75 bits per heavy atom. The lowest BCUT2D eigenvalue weighted by atomic mass is 9.93. The summed E-state index contributed by atoms with van der Waals surface area (Å²) in [5.74, 6) is 0.264. The van der Waals surface area contributed by atoms with Crippen molar-refractivity contribution in [2.24, 2.45) is 5.73 Å². The number of amides is 1. The summed E-state index contributed by atoms with van der Waals surface area (Å²) in [6.45, 7) is 3.46. The monoisotopic (exact) mass is 274 g/mol. The van der Waals surface area contributed by atoms with Crippen molar-refractivity contribution in [3.05, 3.63) is 35.4 Å². The summed E-state index contributed by atoms with van der Waals surface area (Å²) in [4.78, 5) is 14.6. The lowest BCUT2D eigenvalue weighted by Gasteiger charge is -2.33. The first-order valence-electron chi connectivity index (χ1n) is 7.82. The average Bonchev–Trinajstić information content (AvgIpc) is 2.50. The third-order valence-corrected chi connectivity index (χ3v) is 4.29. The van der Waals surface area contributed by atoms with Crippen LogP contribution in [0.4, 0.5) is 0 Å². The van der Waals surface area contributed by atoms with E-state index < -0.39 is 0 Å². The molecule has 0 heterocycles. The van der Waals surface area contributed by atoms with Gasteiger partial charge in [-0.05, 0) is 30.9 Å². The summed E-state index contributed by atoms with van der Waals surface area (Å²) in [7, 11) is 0. The molecule has 2 N–H and O–H groups in total. The van der Waals surface area contributed by atoms with Crippen LogP contribution in [0, 0.1) is 0 Å². The quantitative estimate of drug-likeness (QED) is 0.897. The molecule has 20 heavy (non-hydrogen) atoms. The van der Waals surface area contributed by atoms with Crippen molar-refractivity contribution < 1.29 is 4.79 Å². The predicted octanol–water partition coefficient (Wildman–Crippen LogP) is 2.87. The minimum Gasteiger partial charge on any atom is -0.340 e. The molecule has 1 saturated carbocycles. The average molecular weight is 274 g/mol. The van der Waals surface area contributed by atoms with Gasteiger partial charge in [0, 0.05) is 19.1 Å². The highest BCUT2D eigenvalue weighted by molar-refractivity contribution is 5.79. The smallest absolute Gasteiger partial charge is 0.227 e. The summed E-state index contributed by atoms with van der Waals surface area (Å²) in [6.07, 6.45) is 6.70. The van der Waals surface area contributed by atoms with Gasteiger partial charge in [-0.15, -0.1) is 0 Å². The first-order chi connectivity index (χ1) is 9.74. The summed E-state index contributed by atoms with van der Waals surface area (Å²) in [6, 6.07) is 8.53. The van der Waals surface area contributed by atoms with Crippen LogP contribution in [0.25, 0.3) is 0 Å². The van der Waals surface area contributed by atoms with Gasteiger partial charge in [0.15, 0.2) is 0 Å². The Morgan fingerprint density at radius 1 is 1.15 bits per heavy atom. The van der Waals surface area contributed by atoms with Gasteiger partial charge in [0.2, 0.25) is 5.91 Å². The maximum atomic E-state index is 12.5. The third kappa shape index (κ3) is 3.83. The van der Waals surface area contributed by atoms with Crippen molar-refractivity contribution in [1.29, 1.82) is 0 Å². The topological polar surface area (TPSA) is 46.3 Å². The maximum absolute atomic E-state index is 12.5. The highest BCUT2D eigenvalue weighted by Crippen LogP contribution is 2.23. The van der Waals surface area contributed by atoms with Gasteiger partial charge >= 0.3 is 0 Å². The van der Waals surface area contributed by atoms with Crippen LogP contribution in [0.3, 0.4) is 0 Å². The van der Waals surface area contributed by atoms with E-state index in [0.717, 1.165) is 17.7 Å². The van der Waals surface area contributed by atoms with E-state index in [1.54, 1.807) is 0 Å². The van der Waals surface area contributed by atoms with E-state index in [1.807, 2.05) is 24.3 Å². The van der Waals surface area contributed by atoms with Gasteiger partial charge in [0.05, 0.1) is 6.42 Å². The molecule has 1 aliphatic carbocycles. The summed E-state index contributed by atoms with van der Waals surface area (Å²) < 4.78 is 0. The molecule has 0 spiro atoms. The van der Waals surface area contributed by atoms with Crippen LogP contribution < -0.4 is 5.73 Å². The minimum absolute atomic E-state index is 0.264. The van der Waals surface area contributed by atoms with Crippen LogP contribution in [0.2, 0.25) is 0 Å². The van der Waals surface area contributed by atoms with E-state index in [0.29, 0.717) is 19.0 Å². The Bertz CT molecular complexity index is 421. The van der Waals surface area contributed by atoms with E-state index >= 15 is 0 Å². The highest BCUT2D eigenvalue weighted by Gasteiger charge is 2.23. The SMILES string of the molecule is CCN(C(=O)Cc1ccc(CN)cc1)C1CCCCC1. The van der Waals surface area contributed by atoms with Crippen LogP contribution >= 0.6 is 0 Å². The van der Waals surface area contributed by atoms with E-state index in [9.17, 15) is 4.79 Å². The fraction of sp³-hybridized carbons (Fsp3) is 0.588. The number of nitrogens with zero attached hydrogens (tertiary/aromatic N) is 1. The van der Waals surface area contributed by atoms with Gasteiger partial charge in [-0.25, -0.2) is 0 Å². The fourth-order valence-electron chi connectivity index (χ4n) is 3.10. The zero-order chi connectivity index (χ0) is 14.4. The first-order valence-corrected chi connectivity index (χ1v) is 7.82. The van der Waals surface area contributed by atoms with Gasteiger partial charge in [-0.1, -0.05) is 43.5 Å². The molecule has 0 atom stereocenters. The number of hydrogen-bond donors (Lipinski definition) is 1. The molecule has 0 unspecified atom stereocenters. The van der Waals surface area contributed by atoms with Gasteiger partial charge in [-0.3, -0.25) is 4.79 Å². The Kier molecular flexibility index (Phi) is 5.60. The summed E-state index contributed by atoms with van der Waals surface area (Å²) >= 11 is 0. The molecule has 0 aliphatic heterocycles. The molecular weight excluding hydrogens is 248 g/mol. The molecule has 3 heteroatoms. The second kappa shape index (κ2) is 7.44. The van der Waals surface area contributed by atoms with E-state index in [-0.39, 0.29) is 5.91 Å². The number of rotatable bonds is 5. The number of likely N-dealkylation sites (N-methyl/N-ethyl adjacent to an activating group) is 1. The van der Waals surface area contributed by atoms with E-state index in [4.69, 9.17) is 5.73 Å². The Morgan fingerprint density at radius 3 is 2.30 bits per heavy atom. The fourth-order valence-corrected chi connectivity index (χ4v) is 3.10. The van der Waals surface area contributed by atoms with Crippen LogP contribution in [0.5, 0.6) is 0 Å². The van der Waals surface area contributed by atoms with Crippen LogP contribution in [0.15, 0.2) is 24.3 Å². The number of benzene rings is 1. The molecule has 0 radical (unpaired) electrons. The van der Waals surface area contributed by atoms with Crippen LogP contribution in [0.1, 0.15) is 50.2 Å². The van der Waals surface area contributed by atoms with Crippen molar-refractivity contribution in [1.82, 2.24) is 4.90 Å². The Labute approximate surface area is 122 Å². The largest absolute Gasteiger partial charge is 0.340 e. The van der Waals surface area contributed by atoms with Crippen molar-refractivity contribution in [2.75, 3.05) is 6.54 Å². The second-order valence-corrected chi connectivity index (χ2v) is 5.67. The molecule has 1 aromatic carbocycles. The van der Waals surface area contributed by atoms with Crippen molar-refractivity contribution in [2.45, 2.75) is 58.0 Å². The molecule has 2 rings (SSSR count). The molecule has 1 fully saturated rings. The summed E-state index contributed by atoms with van der Waals surface area (Å²) in [5.41, 5.74) is 7.79. The minimum atomic E-state index is 0.264. The third-order valence-electron chi connectivity index (χ3n) is 4.29. The molecule has 110 valence electrons. The van der Waals surface area contributed by atoms with Crippen molar-refractivity contribution in [3.63, 3.8) is 0 Å². The Balaban J connectivity index is 1.97. The van der Waals surface area contributed by atoms with E-state index in [1.165, 1.54) is 32.1 Å². The number of carbonyl (C=O) groups is 1. The van der Waals surface area contributed by atoms with Gasteiger partial charge in [-0.2, -0.15) is 0 Å². The highest BCUT2D eigenvalue weighted by atomic mass is 16.2. The molecule has 1 aliphatic rings. The normalized spacial score (nSPS) is 16.1. The number of carbonyl (C=O) groups excluding carboxylic acids is 1. The lowest BCUT2D eigenvalue weighted by molar-refractivity contribution is -0.133. The molecule has 0 bridgehead atoms. The zero-order valence-electron chi connectivity index (χ0n) is 12.5. The number of hydrogen-bond acceptors (Lipinski definition) is 2. The van der Waals surface area contributed by atoms with Crippen molar-refractivity contribution >= 4 is 5.91 Å². The predicted molar refractivity (Wildman–Crippen MR) is 82.3 cm³/mol. The molecule has 1 aromatic rings. The summed E-state index contributed by atoms with van der Waals surface area (Å²) in [5, 5.41) is 0. The molecule has 3 nitrogen and oxygen atoms in total. The van der Waals surface area contributed by atoms with Crippen LogP contribution in [-0.4, -0.2) is 23.4 Å². The number of nitrogens with two attached hydrogens (primary N) is 1. The first kappa shape index (κ1) is 15.0. The van der Waals surface area contributed by atoms with Gasteiger partial charge < -0.3 is 10.6 Å². The van der Waals surface area contributed by atoms with E-state index in [2.05, 4.69) is 11.8 Å². The zero-order valence-corrected chi connectivity index (χ0v) is 12.5.